The highest BCUT2D eigenvalue weighted by atomic mass is 35.5. The smallest absolute Gasteiger partial charge is 0.274 e. The maximum Gasteiger partial charge on any atom is 0.274 e. The summed E-state index contributed by atoms with van der Waals surface area (Å²) in [6, 6.07) is 32.7. The highest BCUT2D eigenvalue weighted by molar-refractivity contribution is 6.20. The van der Waals surface area contributed by atoms with Crippen LogP contribution in [0, 0.1) is 0 Å². The number of Topliss-reactive ketones (excluding diaryl/α,β-unsaturated/α-hetero) is 2. The molecule has 60 heavy (non-hydrogen) atoms. The molecule has 8 aromatic rings. The number of halogens is 2. The number of alkyl halides is 2. The van der Waals surface area contributed by atoms with E-state index in [1.165, 1.54) is 13.8 Å². The van der Waals surface area contributed by atoms with Crippen LogP contribution in [0.2, 0.25) is 0 Å². The van der Waals surface area contributed by atoms with Crippen molar-refractivity contribution in [3.8, 4) is 11.5 Å². The summed E-state index contributed by atoms with van der Waals surface area (Å²) in [4.78, 5) is 59.8. The van der Waals surface area contributed by atoms with E-state index < -0.39 is 0 Å². The Morgan fingerprint density at radius 2 is 0.950 bits per heavy atom. The van der Waals surface area contributed by atoms with Gasteiger partial charge in [-0.05, 0) is 84.3 Å². The molecular weight excluding hydrogens is 799 g/mol. The number of nitrogens with zero attached hydrogens (tertiary/aromatic N) is 2. The van der Waals surface area contributed by atoms with Crippen LogP contribution in [0.25, 0.3) is 43.4 Å². The van der Waals surface area contributed by atoms with Crippen molar-refractivity contribution in [2.24, 2.45) is 0 Å². The number of phenols is 2. The Morgan fingerprint density at radius 1 is 0.567 bits per heavy atom. The van der Waals surface area contributed by atoms with E-state index in [0.717, 1.165) is 54.5 Å². The van der Waals surface area contributed by atoms with Gasteiger partial charge in [0.2, 0.25) is 0 Å². The Bertz CT molecular complexity index is 2890. The summed E-state index contributed by atoms with van der Waals surface area (Å²) in [6.45, 7) is 3.92. The van der Waals surface area contributed by atoms with Gasteiger partial charge in [0, 0.05) is 92.5 Å². The first-order valence-electron chi connectivity index (χ1n) is 19.5. The molecule has 0 saturated heterocycles. The number of nitrogens with one attached hydrogen (secondary N) is 2. The van der Waals surface area contributed by atoms with Crippen molar-refractivity contribution in [1.82, 2.24) is 9.97 Å². The monoisotopic (exact) mass is 836 g/mol. The fraction of sp³-hybridized carbons (Fsp3) is 0.167. The van der Waals surface area contributed by atoms with Gasteiger partial charge in [-0.2, -0.15) is 0 Å². The SMILES string of the molecule is CC(=O)c1ccc2[nH]c(C(=O)N3C[C@@H](CCl)c4c3cc(O)c3ccccc43)cc2c1.CC(=O)c1ccc2[nH]c(C(=O)N3C[C@@H](CCl)c4c3cc(O)c3ccccc43)cc2c1. The van der Waals surface area contributed by atoms with Crippen LogP contribution in [-0.2, 0) is 0 Å². The third-order valence-corrected chi connectivity index (χ3v) is 12.4. The van der Waals surface area contributed by atoms with Crippen molar-refractivity contribution < 1.29 is 29.4 Å². The molecule has 0 saturated carbocycles. The second-order valence-corrected chi connectivity index (χ2v) is 16.0. The molecule has 0 bridgehead atoms. The third kappa shape index (κ3) is 6.52. The number of anilines is 2. The lowest BCUT2D eigenvalue weighted by Gasteiger charge is -2.17. The molecule has 4 heterocycles. The molecule has 0 aliphatic carbocycles. The zero-order chi connectivity index (χ0) is 42.0. The zero-order valence-corrected chi connectivity index (χ0v) is 34.1. The van der Waals surface area contributed by atoms with Crippen LogP contribution < -0.4 is 9.80 Å². The summed E-state index contributed by atoms with van der Waals surface area (Å²) in [5, 5.41) is 26.0. The maximum absolute atomic E-state index is 13.4. The molecule has 2 aromatic heterocycles. The summed E-state index contributed by atoms with van der Waals surface area (Å²) >= 11 is 12.5. The van der Waals surface area contributed by atoms with Crippen LogP contribution in [0.15, 0.2) is 109 Å². The van der Waals surface area contributed by atoms with Crippen LogP contribution in [0.4, 0.5) is 11.4 Å². The van der Waals surface area contributed by atoms with Crippen molar-refractivity contribution in [3.63, 3.8) is 0 Å². The molecule has 2 amide bonds. The Balaban J connectivity index is 0.000000154. The molecule has 0 unspecified atom stereocenters. The second kappa shape index (κ2) is 15.2. The second-order valence-electron chi connectivity index (χ2n) is 15.4. The summed E-state index contributed by atoms with van der Waals surface area (Å²) < 4.78 is 0. The van der Waals surface area contributed by atoms with Gasteiger partial charge in [0.1, 0.15) is 22.9 Å². The molecule has 0 fully saturated rings. The topological polar surface area (TPSA) is 147 Å². The van der Waals surface area contributed by atoms with Gasteiger partial charge in [0.25, 0.3) is 11.8 Å². The quantitative estimate of drug-likeness (QED) is 0.0969. The van der Waals surface area contributed by atoms with Gasteiger partial charge >= 0.3 is 0 Å². The number of rotatable bonds is 6. The summed E-state index contributed by atoms with van der Waals surface area (Å²) in [5.41, 5.74) is 6.99. The average molecular weight is 838 g/mol. The van der Waals surface area contributed by atoms with E-state index in [1.807, 2.05) is 60.7 Å². The molecule has 10 nitrogen and oxygen atoms in total. The number of H-pyrrole nitrogens is 2. The van der Waals surface area contributed by atoms with Gasteiger partial charge in [-0.15, -0.1) is 23.2 Å². The van der Waals surface area contributed by atoms with Crippen molar-refractivity contribution >= 4 is 101 Å². The average Bonchev–Trinajstić information content (AvgIpc) is 4.05. The number of carbonyl (C=O) groups is 4. The maximum atomic E-state index is 13.4. The lowest BCUT2D eigenvalue weighted by Crippen LogP contribution is -2.30. The van der Waals surface area contributed by atoms with Crippen molar-refractivity contribution in [2.45, 2.75) is 25.7 Å². The number of aromatic nitrogens is 2. The number of hydrogen-bond acceptors (Lipinski definition) is 6. The van der Waals surface area contributed by atoms with Gasteiger partial charge in [-0.25, -0.2) is 0 Å². The normalized spacial score (nSPS) is 15.7. The Kier molecular flexibility index (Phi) is 9.85. The third-order valence-electron chi connectivity index (χ3n) is 11.7. The van der Waals surface area contributed by atoms with E-state index in [2.05, 4.69) is 9.97 Å². The van der Waals surface area contributed by atoms with Gasteiger partial charge < -0.3 is 30.0 Å². The Morgan fingerprint density at radius 3 is 1.32 bits per heavy atom. The lowest BCUT2D eigenvalue weighted by atomic mass is 9.95. The van der Waals surface area contributed by atoms with Crippen LogP contribution in [-0.4, -0.2) is 68.4 Å². The van der Waals surface area contributed by atoms with Crippen molar-refractivity contribution in [3.05, 3.63) is 143 Å². The number of aromatic amines is 2. The minimum Gasteiger partial charge on any atom is -0.507 e. The summed E-state index contributed by atoms with van der Waals surface area (Å²) in [7, 11) is 0. The number of carbonyl (C=O) groups excluding carboxylic acids is 4. The standard InChI is InChI=1S/2C24H19ClN2O3/c2*1-13(28)14-6-7-19-15(8-14)9-20(26-19)24(30)27-12-16(11-25)23-18-5-3-2-4-17(18)22(29)10-21(23)27/h2*2-10,16,26,29H,11-12H2,1H3/t2*16-/m11/s1. The summed E-state index contributed by atoms with van der Waals surface area (Å²) in [5.74, 6) is 0.548. The molecule has 10 rings (SSSR count). The van der Waals surface area contributed by atoms with Crippen LogP contribution >= 0.6 is 23.2 Å². The van der Waals surface area contributed by atoms with Crippen molar-refractivity contribution in [1.29, 1.82) is 0 Å². The first-order valence-corrected chi connectivity index (χ1v) is 20.5. The van der Waals surface area contributed by atoms with Gasteiger partial charge in [-0.1, -0.05) is 48.5 Å². The van der Waals surface area contributed by atoms with Crippen LogP contribution in [0.1, 0.15) is 78.5 Å². The number of amides is 2. The fourth-order valence-corrected chi connectivity index (χ4v) is 9.22. The number of phenolic OH excluding ortho intramolecular Hbond substituents is 2. The number of ketones is 2. The molecule has 300 valence electrons. The molecule has 0 spiro atoms. The molecule has 4 N–H and O–H groups in total. The molecule has 0 radical (unpaired) electrons. The molecule has 2 aliphatic rings. The minimum atomic E-state index is -0.195. The van der Waals surface area contributed by atoms with E-state index in [9.17, 15) is 29.4 Å². The molecule has 2 aliphatic heterocycles. The summed E-state index contributed by atoms with van der Waals surface area (Å²) in [6.07, 6.45) is 0. The predicted octanol–water partition coefficient (Wildman–Crippen LogP) is 10.4. The predicted molar refractivity (Wildman–Crippen MR) is 238 cm³/mol. The lowest BCUT2D eigenvalue weighted by molar-refractivity contribution is 0.0977. The molecule has 12 heteroatoms. The van der Waals surface area contributed by atoms with E-state index in [0.29, 0.717) is 58.7 Å². The molecular formula is C48H38Cl2N4O6. The number of hydrogen-bond donors (Lipinski definition) is 4. The van der Waals surface area contributed by atoms with E-state index >= 15 is 0 Å². The van der Waals surface area contributed by atoms with Gasteiger partial charge in [-0.3, -0.25) is 19.2 Å². The van der Waals surface area contributed by atoms with Crippen LogP contribution in [0.5, 0.6) is 11.5 Å². The van der Waals surface area contributed by atoms with Gasteiger partial charge in [0.15, 0.2) is 11.6 Å². The van der Waals surface area contributed by atoms with Crippen LogP contribution in [0.3, 0.4) is 0 Å². The van der Waals surface area contributed by atoms with E-state index in [1.54, 1.807) is 58.3 Å². The first-order chi connectivity index (χ1) is 28.9. The van der Waals surface area contributed by atoms with E-state index in [4.69, 9.17) is 23.2 Å². The first kappa shape index (κ1) is 38.9. The number of benzene rings is 6. The minimum absolute atomic E-state index is 0.0215. The largest absolute Gasteiger partial charge is 0.507 e. The fourth-order valence-electron chi connectivity index (χ4n) is 8.71. The highest BCUT2D eigenvalue weighted by Crippen LogP contribution is 2.47. The number of fused-ring (bicyclic) bond motifs is 8. The molecule has 2 atom stereocenters. The Labute approximate surface area is 353 Å². The highest BCUT2D eigenvalue weighted by Gasteiger charge is 2.37. The molecule has 6 aromatic carbocycles. The van der Waals surface area contributed by atoms with E-state index in [-0.39, 0.29) is 46.7 Å². The number of aromatic hydroxyl groups is 2. The zero-order valence-electron chi connectivity index (χ0n) is 32.6. The van der Waals surface area contributed by atoms with Crippen molar-refractivity contribution in [2.75, 3.05) is 34.6 Å². The Hall–Kier alpha value is -6.62. The van der Waals surface area contributed by atoms with Gasteiger partial charge in [0.05, 0.1) is 11.4 Å².